The number of halogens is 2. The zero-order valence-corrected chi connectivity index (χ0v) is 18.7. The number of aromatic nitrogens is 1. The van der Waals surface area contributed by atoms with Crippen molar-refractivity contribution in [2.75, 3.05) is 13.4 Å². The van der Waals surface area contributed by atoms with Crippen LogP contribution in [0.15, 0.2) is 41.2 Å². The molecule has 0 atom stereocenters. The molecule has 0 saturated carbocycles. The molecule has 0 bridgehead atoms. The topological polar surface area (TPSA) is 111 Å². The molecule has 2 heterocycles. The number of benzene rings is 2. The second-order valence-electron chi connectivity index (χ2n) is 7.18. The van der Waals surface area contributed by atoms with Crippen LogP contribution < -0.4 is 19.8 Å². The monoisotopic (exact) mass is 486 g/mol. The molecule has 8 nitrogen and oxygen atoms in total. The highest BCUT2D eigenvalue weighted by atomic mass is 35.5. The maximum absolute atomic E-state index is 13.0. The summed E-state index contributed by atoms with van der Waals surface area (Å²) < 4.78 is 17.1. The van der Waals surface area contributed by atoms with E-state index in [-0.39, 0.29) is 40.8 Å². The maximum atomic E-state index is 13.0. The first-order valence-electron chi connectivity index (χ1n) is 9.66. The maximum Gasteiger partial charge on any atom is 0.271 e. The van der Waals surface area contributed by atoms with Crippen LogP contribution in [-0.4, -0.2) is 28.9 Å². The third-order valence-electron chi connectivity index (χ3n) is 5.11. The minimum Gasteiger partial charge on any atom is -0.494 e. The number of carbonyl (C=O) groups is 1. The summed E-state index contributed by atoms with van der Waals surface area (Å²) in [5.74, 6) is 0.0840. The summed E-state index contributed by atoms with van der Waals surface area (Å²) in [5.41, 5.74) is -0.480. The highest BCUT2D eigenvalue weighted by molar-refractivity contribution is 6.35. The average Bonchev–Trinajstić information content (AvgIpc) is 3.24. The number of nitriles is 1. The molecule has 1 aromatic heterocycles. The van der Waals surface area contributed by atoms with Crippen molar-refractivity contribution >= 4 is 29.0 Å². The Morgan fingerprint density at radius 1 is 1.21 bits per heavy atom. The van der Waals surface area contributed by atoms with E-state index in [1.165, 1.54) is 19.1 Å². The lowest BCUT2D eigenvalue weighted by atomic mass is 10.0. The number of ketones is 1. The van der Waals surface area contributed by atoms with E-state index >= 15 is 0 Å². The number of ether oxygens (including phenoxy) is 3. The molecule has 0 radical (unpaired) electrons. The Morgan fingerprint density at radius 3 is 2.70 bits per heavy atom. The minimum atomic E-state index is -0.719. The molecule has 2 aromatic carbocycles. The zero-order chi connectivity index (χ0) is 23.7. The summed E-state index contributed by atoms with van der Waals surface area (Å²) in [5, 5.41) is 21.0. The van der Waals surface area contributed by atoms with Crippen LogP contribution in [0.1, 0.15) is 27.0 Å². The van der Waals surface area contributed by atoms with E-state index in [1.54, 1.807) is 24.3 Å². The number of hydrogen-bond acceptors (Lipinski definition) is 7. The SMILES string of the molecule is Cc1c(C(=O)COc2ccc(Cl)cc2Cl)c(O)n(Cc2ccc3c(c2)OCO3)c(=O)c1C#N. The summed E-state index contributed by atoms with van der Waals surface area (Å²) in [6.45, 7) is 0.930. The third kappa shape index (κ3) is 4.33. The molecule has 168 valence electrons. The summed E-state index contributed by atoms with van der Waals surface area (Å²) in [4.78, 5) is 25.8. The molecule has 1 aliphatic rings. The smallest absolute Gasteiger partial charge is 0.271 e. The van der Waals surface area contributed by atoms with E-state index < -0.39 is 23.8 Å². The molecule has 0 spiro atoms. The normalized spacial score (nSPS) is 11.8. The third-order valence-corrected chi connectivity index (χ3v) is 5.64. The van der Waals surface area contributed by atoms with Gasteiger partial charge in [-0.3, -0.25) is 14.2 Å². The fourth-order valence-electron chi connectivity index (χ4n) is 3.46. The Morgan fingerprint density at radius 2 is 1.97 bits per heavy atom. The fraction of sp³-hybridized carbons (Fsp3) is 0.174. The van der Waals surface area contributed by atoms with E-state index in [2.05, 4.69) is 0 Å². The summed E-state index contributed by atoms with van der Waals surface area (Å²) in [6, 6.07) is 11.4. The van der Waals surface area contributed by atoms with Crippen molar-refractivity contribution in [2.45, 2.75) is 13.5 Å². The van der Waals surface area contributed by atoms with Gasteiger partial charge in [0.05, 0.1) is 17.1 Å². The van der Waals surface area contributed by atoms with Gasteiger partial charge < -0.3 is 19.3 Å². The van der Waals surface area contributed by atoms with Crippen molar-refractivity contribution in [3.8, 4) is 29.2 Å². The van der Waals surface area contributed by atoms with Gasteiger partial charge in [-0.25, -0.2) is 0 Å². The molecule has 4 rings (SSSR count). The quantitative estimate of drug-likeness (QED) is 0.522. The van der Waals surface area contributed by atoms with Crippen LogP contribution in [0, 0.1) is 18.3 Å². The fourth-order valence-corrected chi connectivity index (χ4v) is 3.92. The molecule has 0 aliphatic carbocycles. The molecule has 0 fully saturated rings. The summed E-state index contributed by atoms with van der Waals surface area (Å²) in [6.07, 6.45) is 0. The van der Waals surface area contributed by atoms with Crippen LogP contribution >= 0.6 is 23.2 Å². The lowest BCUT2D eigenvalue weighted by Gasteiger charge is -2.16. The van der Waals surface area contributed by atoms with Crippen LogP contribution in [0.25, 0.3) is 0 Å². The van der Waals surface area contributed by atoms with Gasteiger partial charge in [0.2, 0.25) is 18.5 Å². The molecular weight excluding hydrogens is 471 g/mol. The van der Waals surface area contributed by atoms with Gasteiger partial charge >= 0.3 is 0 Å². The average molecular weight is 487 g/mol. The minimum absolute atomic E-state index is 0.0674. The highest BCUT2D eigenvalue weighted by Gasteiger charge is 2.25. The predicted molar refractivity (Wildman–Crippen MR) is 120 cm³/mol. The Bertz CT molecular complexity index is 1380. The van der Waals surface area contributed by atoms with Crippen LogP contribution in [0.4, 0.5) is 0 Å². The second kappa shape index (κ2) is 9.06. The Kier molecular flexibility index (Phi) is 6.18. The number of hydrogen-bond donors (Lipinski definition) is 1. The number of aromatic hydroxyl groups is 1. The highest BCUT2D eigenvalue weighted by Crippen LogP contribution is 2.33. The van der Waals surface area contributed by atoms with Crippen molar-refractivity contribution < 1.29 is 24.1 Å². The van der Waals surface area contributed by atoms with Gasteiger partial charge in [0.15, 0.2) is 18.1 Å². The molecule has 1 N–H and O–H groups in total. The molecule has 33 heavy (non-hydrogen) atoms. The Hall–Kier alpha value is -3.67. The lowest BCUT2D eigenvalue weighted by Crippen LogP contribution is -2.28. The second-order valence-corrected chi connectivity index (χ2v) is 8.02. The summed E-state index contributed by atoms with van der Waals surface area (Å²) >= 11 is 11.9. The number of rotatable bonds is 6. The molecule has 0 amide bonds. The van der Waals surface area contributed by atoms with Crippen LogP contribution in [0.5, 0.6) is 23.1 Å². The number of Topliss-reactive ketones (excluding diaryl/α,β-unsaturated/α-hetero) is 1. The van der Waals surface area contributed by atoms with Gasteiger partial charge in [0, 0.05) is 5.02 Å². The Balaban J connectivity index is 1.68. The van der Waals surface area contributed by atoms with Gasteiger partial charge in [0.1, 0.15) is 17.4 Å². The number of fused-ring (bicyclic) bond motifs is 1. The summed E-state index contributed by atoms with van der Waals surface area (Å²) in [7, 11) is 0. The largest absolute Gasteiger partial charge is 0.494 e. The van der Waals surface area contributed by atoms with E-state index in [0.29, 0.717) is 22.1 Å². The van der Waals surface area contributed by atoms with E-state index in [9.17, 15) is 20.0 Å². The molecule has 10 heteroatoms. The van der Waals surface area contributed by atoms with E-state index in [0.717, 1.165) is 4.57 Å². The molecule has 1 aliphatic heterocycles. The van der Waals surface area contributed by atoms with Gasteiger partial charge in [0.25, 0.3) is 5.56 Å². The number of nitrogens with zero attached hydrogens (tertiary/aromatic N) is 2. The van der Waals surface area contributed by atoms with E-state index in [4.69, 9.17) is 37.4 Å². The Labute approximate surface area is 198 Å². The van der Waals surface area contributed by atoms with Gasteiger partial charge in [-0.1, -0.05) is 29.3 Å². The first-order chi connectivity index (χ1) is 15.8. The first-order valence-corrected chi connectivity index (χ1v) is 10.4. The van der Waals surface area contributed by atoms with Crippen molar-refractivity contribution in [3.63, 3.8) is 0 Å². The van der Waals surface area contributed by atoms with Gasteiger partial charge in [-0.15, -0.1) is 0 Å². The van der Waals surface area contributed by atoms with E-state index in [1.807, 2.05) is 6.07 Å². The van der Waals surface area contributed by atoms with Crippen LogP contribution in [0.2, 0.25) is 10.0 Å². The van der Waals surface area contributed by atoms with Crippen molar-refractivity contribution in [3.05, 3.63) is 79.1 Å². The molecule has 3 aromatic rings. The predicted octanol–water partition coefficient (Wildman–Crippen LogP) is 4.08. The van der Waals surface area contributed by atoms with Crippen molar-refractivity contribution in [1.82, 2.24) is 4.57 Å². The van der Waals surface area contributed by atoms with Crippen LogP contribution in [0.3, 0.4) is 0 Å². The van der Waals surface area contributed by atoms with Gasteiger partial charge in [-0.2, -0.15) is 5.26 Å². The first kappa shape index (κ1) is 22.5. The van der Waals surface area contributed by atoms with Crippen LogP contribution in [-0.2, 0) is 6.54 Å². The molecular formula is C23H16Cl2N2O6. The standard InChI is InChI=1S/C23H16Cl2N2O6/c1-12-15(8-26)22(29)27(9-13-2-4-19-20(6-13)33-11-32-19)23(30)21(12)17(28)10-31-18-5-3-14(24)7-16(18)25/h2-7,30H,9-11H2,1H3. The lowest BCUT2D eigenvalue weighted by molar-refractivity contribution is 0.0916. The molecule has 0 unspecified atom stereocenters. The molecule has 0 saturated heterocycles. The number of pyridine rings is 1. The van der Waals surface area contributed by atoms with Gasteiger partial charge in [-0.05, 0) is 48.4 Å². The number of carbonyl (C=O) groups excluding carboxylic acids is 1. The van der Waals surface area contributed by atoms with Crippen molar-refractivity contribution in [1.29, 1.82) is 5.26 Å². The zero-order valence-electron chi connectivity index (χ0n) is 17.2. The van der Waals surface area contributed by atoms with Crippen molar-refractivity contribution in [2.24, 2.45) is 0 Å².